The minimum atomic E-state index is -3.86. The van der Waals surface area contributed by atoms with Crippen LogP contribution in [0.3, 0.4) is 0 Å². The molecule has 2 rings (SSSR count). The van der Waals surface area contributed by atoms with E-state index in [0.29, 0.717) is 11.3 Å². The molecule has 160 valence electrons. The van der Waals surface area contributed by atoms with Crippen molar-refractivity contribution in [3.8, 4) is 0 Å². The van der Waals surface area contributed by atoms with Gasteiger partial charge in [0.05, 0.1) is 17.2 Å². The van der Waals surface area contributed by atoms with Crippen LogP contribution in [0.5, 0.6) is 0 Å². The summed E-state index contributed by atoms with van der Waals surface area (Å²) in [6.07, 6.45) is 0. The van der Waals surface area contributed by atoms with E-state index in [0.717, 1.165) is 11.8 Å². The van der Waals surface area contributed by atoms with Gasteiger partial charge in [0.1, 0.15) is 0 Å². The van der Waals surface area contributed by atoms with Crippen LogP contribution in [0.4, 0.5) is 5.69 Å². The zero-order valence-electron chi connectivity index (χ0n) is 16.0. The molecule has 0 atom stereocenters. The molecule has 0 heterocycles. The standard InChI is InChI=1S/C19H22N4O5S2/c20-15-7-4-8-16(11-15)30(27,28)23-12-17(24)21-9-10-22-18(25)13-29-19(26)14-5-2-1-3-6-14/h1-8,11,23H,9-10,12-13,20H2,(H,21,24)(H,22,25). The van der Waals surface area contributed by atoms with Crippen molar-refractivity contribution < 1.29 is 22.8 Å². The number of hydrogen-bond acceptors (Lipinski definition) is 7. The van der Waals surface area contributed by atoms with Crippen molar-refractivity contribution in [2.45, 2.75) is 4.90 Å². The maximum absolute atomic E-state index is 12.1. The number of benzene rings is 2. The van der Waals surface area contributed by atoms with Gasteiger partial charge in [-0.05, 0) is 18.2 Å². The van der Waals surface area contributed by atoms with Crippen LogP contribution < -0.4 is 21.1 Å². The Balaban J connectivity index is 1.62. The lowest BCUT2D eigenvalue weighted by Crippen LogP contribution is -2.40. The highest BCUT2D eigenvalue weighted by atomic mass is 32.2. The van der Waals surface area contributed by atoms with Gasteiger partial charge >= 0.3 is 0 Å². The Bertz CT molecular complexity index is 997. The largest absolute Gasteiger partial charge is 0.399 e. The van der Waals surface area contributed by atoms with Gasteiger partial charge < -0.3 is 16.4 Å². The first-order valence-corrected chi connectivity index (χ1v) is 11.4. The number of nitrogen functional groups attached to an aromatic ring is 1. The van der Waals surface area contributed by atoms with Gasteiger partial charge in [0.25, 0.3) is 0 Å². The summed E-state index contributed by atoms with van der Waals surface area (Å²) in [4.78, 5) is 35.4. The molecule has 2 aromatic carbocycles. The van der Waals surface area contributed by atoms with Crippen molar-refractivity contribution >= 4 is 44.4 Å². The number of nitrogens with one attached hydrogen (secondary N) is 3. The van der Waals surface area contributed by atoms with Crippen LogP contribution in [0.15, 0.2) is 59.5 Å². The van der Waals surface area contributed by atoms with Crippen LogP contribution in [0.25, 0.3) is 0 Å². The van der Waals surface area contributed by atoms with Gasteiger partial charge in [-0.2, -0.15) is 0 Å². The first-order chi connectivity index (χ1) is 14.3. The van der Waals surface area contributed by atoms with E-state index in [9.17, 15) is 22.8 Å². The summed E-state index contributed by atoms with van der Waals surface area (Å²) in [6, 6.07) is 14.3. The molecule has 2 aromatic rings. The summed E-state index contributed by atoms with van der Waals surface area (Å²) in [5, 5.41) is 4.85. The van der Waals surface area contributed by atoms with Gasteiger partial charge in [0.2, 0.25) is 27.0 Å². The van der Waals surface area contributed by atoms with Crippen molar-refractivity contribution in [2.75, 3.05) is 31.1 Å². The molecule has 0 fully saturated rings. The number of nitrogens with two attached hydrogens (primary N) is 1. The number of hydrogen-bond donors (Lipinski definition) is 4. The van der Waals surface area contributed by atoms with Crippen molar-refractivity contribution in [1.82, 2.24) is 15.4 Å². The van der Waals surface area contributed by atoms with Crippen molar-refractivity contribution in [1.29, 1.82) is 0 Å². The number of amides is 2. The highest BCUT2D eigenvalue weighted by Gasteiger charge is 2.15. The molecule has 5 N–H and O–H groups in total. The second-order valence-electron chi connectivity index (χ2n) is 6.04. The predicted molar refractivity (Wildman–Crippen MR) is 115 cm³/mol. The molecule has 0 aliphatic carbocycles. The molecule has 0 spiro atoms. The molecule has 11 heteroatoms. The molecule has 0 radical (unpaired) electrons. The third-order valence-electron chi connectivity index (χ3n) is 3.70. The molecule has 2 amide bonds. The van der Waals surface area contributed by atoms with E-state index in [4.69, 9.17) is 5.73 Å². The van der Waals surface area contributed by atoms with E-state index in [1.807, 2.05) is 0 Å². The van der Waals surface area contributed by atoms with E-state index in [1.54, 1.807) is 36.4 Å². The van der Waals surface area contributed by atoms with Gasteiger partial charge in [-0.3, -0.25) is 14.4 Å². The van der Waals surface area contributed by atoms with Crippen LogP contribution >= 0.6 is 11.8 Å². The summed E-state index contributed by atoms with van der Waals surface area (Å²) in [5.74, 6) is -0.937. The molecule has 0 aliphatic heterocycles. The molecular formula is C19H22N4O5S2. The molecule has 0 aliphatic rings. The Labute approximate surface area is 178 Å². The maximum atomic E-state index is 12.1. The first-order valence-electron chi connectivity index (χ1n) is 8.89. The molecule has 0 aromatic heterocycles. The van der Waals surface area contributed by atoms with Gasteiger partial charge in [-0.25, -0.2) is 13.1 Å². The Morgan fingerprint density at radius 1 is 0.900 bits per heavy atom. The molecule has 9 nitrogen and oxygen atoms in total. The number of sulfonamides is 1. The number of anilines is 1. The molecule has 0 bridgehead atoms. The quantitative estimate of drug-likeness (QED) is 0.302. The second kappa shape index (κ2) is 11.3. The second-order valence-corrected chi connectivity index (χ2v) is 8.75. The van der Waals surface area contributed by atoms with Crippen LogP contribution in [-0.2, 0) is 19.6 Å². The van der Waals surface area contributed by atoms with E-state index in [2.05, 4.69) is 15.4 Å². The minimum Gasteiger partial charge on any atom is -0.399 e. The minimum absolute atomic E-state index is 0.0369. The van der Waals surface area contributed by atoms with E-state index >= 15 is 0 Å². The highest BCUT2D eigenvalue weighted by molar-refractivity contribution is 8.14. The molecule has 0 saturated carbocycles. The fourth-order valence-corrected chi connectivity index (χ4v) is 3.94. The third-order valence-corrected chi connectivity index (χ3v) is 6.01. The predicted octanol–water partition coefficient (Wildman–Crippen LogP) is 0.353. The van der Waals surface area contributed by atoms with Crippen molar-refractivity contribution in [3.63, 3.8) is 0 Å². The zero-order chi connectivity index (χ0) is 22.0. The topological polar surface area (TPSA) is 147 Å². The first kappa shape index (κ1) is 23.4. The Morgan fingerprint density at radius 3 is 2.23 bits per heavy atom. The third kappa shape index (κ3) is 7.85. The maximum Gasteiger partial charge on any atom is 0.241 e. The monoisotopic (exact) mass is 450 g/mol. The zero-order valence-corrected chi connectivity index (χ0v) is 17.6. The molecule has 30 heavy (non-hydrogen) atoms. The smallest absolute Gasteiger partial charge is 0.241 e. The Kier molecular flexibility index (Phi) is 8.84. The van der Waals surface area contributed by atoms with Crippen LogP contribution in [0.1, 0.15) is 10.4 Å². The number of carbonyl (C=O) groups excluding carboxylic acids is 3. The number of rotatable bonds is 10. The van der Waals surface area contributed by atoms with Crippen molar-refractivity contribution in [3.05, 3.63) is 60.2 Å². The van der Waals surface area contributed by atoms with Gasteiger partial charge in [0, 0.05) is 24.3 Å². The molecular weight excluding hydrogens is 428 g/mol. The van der Waals surface area contributed by atoms with Gasteiger partial charge in [0.15, 0.2) is 0 Å². The molecule has 0 unspecified atom stereocenters. The van der Waals surface area contributed by atoms with Crippen LogP contribution in [0.2, 0.25) is 0 Å². The van der Waals surface area contributed by atoms with Gasteiger partial charge in [-0.1, -0.05) is 48.2 Å². The van der Waals surface area contributed by atoms with E-state index < -0.39 is 22.5 Å². The normalized spacial score (nSPS) is 10.9. The summed E-state index contributed by atoms with van der Waals surface area (Å²) in [5.41, 5.74) is 6.37. The van der Waals surface area contributed by atoms with Gasteiger partial charge in [-0.15, -0.1) is 0 Å². The number of thioether (sulfide) groups is 1. The summed E-state index contributed by atoms with van der Waals surface area (Å²) >= 11 is 0.888. The number of carbonyl (C=O) groups is 3. The van der Waals surface area contributed by atoms with E-state index in [1.165, 1.54) is 18.2 Å². The fourth-order valence-electron chi connectivity index (χ4n) is 2.23. The van der Waals surface area contributed by atoms with E-state index in [-0.39, 0.29) is 34.8 Å². The summed E-state index contributed by atoms with van der Waals surface area (Å²) in [6.45, 7) is -0.193. The highest BCUT2D eigenvalue weighted by Crippen LogP contribution is 2.12. The Hall–Kier alpha value is -2.89. The van der Waals surface area contributed by atoms with Crippen LogP contribution in [-0.4, -0.2) is 50.7 Å². The summed E-state index contributed by atoms with van der Waals surface area (Å²) < 4.78 is 26.4. The lowest BCUT2D eigenvalue weighted by molar-refractivity contribution is -0.121. The molecule has 0 saturated heterocycles. The van der Waals surface area contributed by atoms with Crippen molar-refractivity contribution in [2.24, 2.45) is 0 Å². The summed E-state index contributed by atoms with van der Waals surface area (Å²) in [7, 11) is -3.86. The SMILES string of the molecule is Nc1cccc(S(=O)(=O)NCC(=O)NCCNC(=O)CSC(=O)c2ccccc2)c1. The van der Waals surface area contributed by atoms with Crippen LogP contribution in [0, 0.1) is 0 Å². The average Bonchev–Trinajstić information content (AvgIpc) is 2.74. The Morgan fingerprint density at radius 2 is 1.57 bits per heavy atom. The lowest BCUT2D eigenvalue weighted by Gasteiger charge is -2.09. The average molecular weight is 451 g/mol. The lowest BCUT2D eigenvalue weighted by atomic mass is 10.2. The fraction of sp³-hybridized carbons (Fsp3) is 0.211.